The predicted molar refractivity (Wildman–Crippen MR) is 246 cm³/mol. The molecule has 0 bridgehead atoms. The smallest absolute Gasteiger partial charge is 0.139 e. The second-order valence-electron chi connectivity index (χ2n) is 17.5. The molecular weight excluding hydrogens is 755 g/mol. The minimum atomic E-state index is -1.16. The third-order valence-corrected chi connectivity index (χ3v) is 15.9. The van der Waals surface area contributed by atoms with Crippen LogP contribution in [0.2, 0.25) is 0 Å². The molecule has 7 rings (SSSR count). The van der Waals surface area contributed by atoms with E-state index in [0.717, 1.165) is 55.7 Å². The van der Waals surface area contributed by atoms with Crippen molar-refractivity contribution < 1.29 is 23.7 Å². The molecule has 0 aliphatic carbocycles. The largest absolute Gasteiger partial charge is 0.497 e. The number of benzene rings is 6. The minimum absolute atomic E-state index is 0.130. The van der Waals surface area contributed by atoms with Crippen molar-refractivity contribution >= 4 is 47.7 Å². The van der Waals surface area contributed by atoms with Crippen molar-refractivity contribution in [2.45, 2.75) is 71.6 Å². The standard InChI is InChI=1S/C51H56O5P2/c1-49(2,3)33-23-43-47(45(25-33)57(39-19-15-13-16-20-39)41-29-35(52-9)27-36(30-41)53-10)56-48-44(51(43,7)8)24-34(50(4,5)6)26-46(48)58(40-21-17-14-18-22-40)42-31-37(54-11)28-38(32-42)55-12/h13-32H,1-12H3/t57-,58-/m0/s1. The molecule has 0 unspecified atom stereocenters. The molecule has 0 spiro atoms. The summed E-state index contributed by atoms with van der Waals surface area (Å²) < 4.78 is 31.2. The Morgan fingerprint density at radius 3 is 1.05 bits per heavy atom. The van der Waals surface area contributed by atoms with Crippen molar-refractivity contribution in [3.05, 3.63) is 144 Å². The van der Waals surface area contributed by atoms with Gasteiger partial charge in [0.25, 0.3) is 0 Å². The molecule has 7 heteroatoms. The highest BCUT2D eigenvalue weighted by Gasteiger charge is 2.42. The topological polar surface area (TPSA) is 46.2 Å². The average Bonchev–Trinajstić information content (AvgIpc) is 3.21. The Bertz CT molecular complexity index is 2210. The maximum absolute atomic E-state index is 7.69. The molecule has 1 aliphatic rings. The van der Waals surface area contributed by atoms with Crippen molar-refractivity contribution in [1.29, 1.82) is 0 Å². The van der Waals surface area contributed by atoms with E-state index in [4.69, 9.17) is 23.7 Å². The summed E-state index contributed by atoms with van der Waals surface area (Å²) in [6.07, 6.45) is 0. The molecule has 58 heavy (non-hydrogen) atoms. The zero-order chi connectivity index (χ0) is 41.6. The van der Waals surface area contributed by atoms with Crippen LogP contribution in [0.4, 0.5) is 0 Å². The van der Waals surface area contributed by atoms with Crippen LogP contribution in [0, 0.1) is 0 Å². The molecule has 0 fully saturated rings. The van der Waals surface area contributed by atoms with Crippen LogP contribution in [0.1, 0.15) is 77.6 Å². The summed E-state index contributed by atoms with van der Waals surface area (Å²) in [5, 5.41) is 7.00. The minimum Gasteiger partial charge on any atom is -0.497 e. The molecule has 6 aromatic carbocycles. The molecule has 0 N–H and O–H groups in total. The Morgan fingerprint density at radius 1 is 0.431 bits per heavy atom. The highest BCUT2D eigenvalue weighted by atomic mass is 31.1. The molecule has 0 aromatic heterocycles. The van der Waals surface area contributed by atoms with Crippen LogP contribution in [0.25, 0.3) is 0 Å². The molecule has 1 heterocycles. The lowest BCUT2D eigenvalue weighted by Crippen LogP contribution is -2.35. The quantitative estimate of drug-likeness (QED) is 0.129. The van der Waals surface area contributed by atoms with Gasteiger partial charge >= 0.3 is 0 Å². The summed E-state index contributed by atoms with van der Waals surface area (Å²) in [6, 6.07) is 43.8. The normalized spacial score (nSPS) is 14.3. The lowest BCUT2D eigenvalue weighted by Gasteiger charge is -2.41. The van der Waals surface area contributed by atoms with Gasteiger partial charge in [-0.3, -0.25) is 0 Å². The number of rotatable bonds is 10. The average molecular weight is 811 g/mol. The van der Waals surface area contributed by atoms with E-state index >= 15 is 0 Å². The van der Waals surface area contributed by atoms with Crippen LogP contribution in [-0.2, 0) is 16.2 Å². The van der Waals surface area contributed by atoms with Gasteiger partial charge < -0.3 is 23.7 Å². The fourth-order valence-corrected chi connectivity index (χ4v) is 12.6. The first-order valence-corrected chi connectivity index (χ1v) is 22.5. The van der Waals surface area contributed by atoms with Crippen molar-refractivity contribution in [1.82, 2.24) is 0 Å². The fourth-order valence-electron chi connectivity index (χ4n) is 7.67. The first-order chi connectivity index (χ1) is 27.6. The second kappa shape index (κ2) is 16.1. The molecule has 6 aromatic rings. The molecule has 0 saturated carbocycles. The van der Waals surface area contributed by atoms with Crippen molar-refractivity contribution in [2.24, 2.45) is 0 Å². The molecule has 0 radical (unpaired) electrons. The first kappa shape index (κ1) is 41.3. The van der Waals surface area contributed by atoms with E-state index in [1.165, 1.54) is 32.9 Å². The predicted octanol–water partition coefficient (Wildman–Crippen LogP) is 10.3. The summed E-state index contributed by atoms with van der Waals surface area (Å²) in [6.45, 7) is 18.5. The van der Waals surface area contributed by atoms with Gasteiger partial charge in [-0.1, -0.05) is 128 Å². The number of fused-ring (bicyclic) bond motifs is 2. The summed E-state index contributed by atoms with van der Waals surface area (Å²) in [5.74, 6) is 4.85. The van der Waals surface area contributed by atoms with E-state index in [9.17, 15) is 0 Å². The molecule has 2 atom stereocenters. The van der Waals surface area contributed by atoms with E-state index in [2.05, 4.69) is 165 Å². The molecule has 5 nitrogen and oxygen atoms in total. The highest BCUT2D eigenvalue weighted by Crippen LogP contribution is 2.54. The van der Waals surface area contributed by atoms with E-state index in [1.807, 2.05) is 12.1 Å². The van der Waals surface area contributed by atoms with Crippen molar-refractivity contribution in [3.63, 3.8) is 0 Å². The first-order valence-electron chi connectivity index (χ1n) is 19.8. The Kier molecular flexibility index (Phi) is 11.5. The van der Waals surface area contributed by atoms with E-state index in [-0.39, 0.29) is 10.8 Å². The number of hydrogen-bond acceptors (Lipinski definition) is 5. The van der Waals surface area contributed by atoms with Crippen LogP contribution in [0.5, 0.6) is 34.5 Å². The maximum Gasteiger partial charge on any atom is 0.139 e. The molecule has 0 saturated heterocycles. The van der Waals surface area contributed by atoms with E-state index in [0.29, 0.717) is 0 Å². The Hall–Kier alpha value is -4.82. The van der Waals surface area contributed by atoms with Gasteiger partial charge in [-0.2, -0.15) is 0 Å². The van der Waals surface area contributed by atoms with Gasteiger partial charge in [0, 0.05) is 39.3 Å². The van der Waals surface area contributed by atoms with Gasteiger partial charge in [-0.15, -0.1) is 0 Å². The van der Waals surface area contributed by atoms with E-state index < -0.39 is 21.3 Å². The lowest BCUT2D eigenvalue weighted by molar-refractivity contribution is 0.395. The molecule has 0 amide bonds. The van der Waals surface area contributed by atoms with Crippen LogP contribution in [-0.4, -0.2) is 28.4 Å². The Labute approximate surface area is 348 Å². The molecular formula is C51H56O5P2. The summed E-state index contributed by atoms with van der Waals surface area (Å²) >= 11 is 0. The van der Waals surface area contributed by atoms with Gasteiger partial charge in [-0.05, 0) is 95.4 Å². The van der Waals surface area contributed by atoms with Gasteiger partial charge in [0.15, 0.2) is 0 Å². The van der Waals surface area contributed by atoms with Gasteiger partial charge in [0.1, 0.15) is 34.5 Å². The third kappa shape index (κ3) is 7.97. The SMILES string of the molecule is COc1cc(OC)cc([P@](c2ccccc2)c2cc(C(C)(C)C)cc3c2Oc2c([P@@](c4ccccc4)c4cc(OC)cc(OC)c4)cc(C(C)(C)C)cc2C3(C)C)c1. The monoisotopic (exact) mass is 810 g/mol. The number of ether oxygens (including phenoxy) is 5. The zero-order valence-corrected chi connectivity index (χ0v) is 37.8. The zero-order valence-electron chi connectivity index (χ0n) is 36.0. The van der Waals surface area contributed by atoms with Gasteiger partial charge in [0.05, 0.1) is 28.4 Å². The third-order valence-electron chi connectivity index (χ3n) is 11.1. The Balaban J connectivity index is 1.59. The van der Waals surface area contributed by atoms with Crippen LogP contribution in [0.15, 0.2) is 121 Å². The number of methoxy groups -OCH3 is 4. The van der Waals surface area contributed by atoms with E-state index in [1.54, 1.807) is 28.4 Å². The van der Waals surface area contributed by atoms with Gasteiger partial charge in [0.2, 0.25) is 0 Å². The highest BCUT2D eigenvalue weighted by molar-refractivity contribution is 7.80. The van der Waals surface area contributed by atoms with Crippen LogP contribution < -0.4 is 55.5 Å². The second-order valence-corrected chi connectivity index (χ2v) is 21.8. The van der Waals surface area contributed by atoms with Crippen LogP contribution >= 0.6 is 15.8 Å². The molecule has 1 aliphatic heterocycles. The van der Waals surface area contributed by atoms with Crippen LogP contribution in [0.3, 0.4) is 0 Å². The number of hydrogen-bond donors (Lipinski definition) is 0. The fraction of sp³-hybridized carbons (Fsp3) is 0.294. The Morgan fingerprint density at radius 2 is 0.759 bits per heavy atom. The summed E-state index contributed by atoms with van der Waals surface area (Å²) in [5.41, 5.74) is 4.21. The van der Waals surface area contributed by atoms with Crippen molar-refractivity contribution in [2.75, 3.05) is 28.4 Å². The lowest BCUT2D eigenvalue weighted by atomic mass is 9.72. The maximum atomic E-state index is 7.69. The molecule has 300 valence electrons. The summed E-state index contributed by atoms with van der Waals surface area (Å²) in [4.78, 5) is 0. The van der Waals surface area contributed by atoms with Crippen molar-refractivity contribution in [3.8, 4) is 34.5 Å². The summed E-state index contributed by atoms with van der Waals surface area (Å²) in [7, 11) is 4.53. The van der Waals surface area contributed by atoms with Gasteiger partial charge in [-0.25, -0.2) is 0 Å².